The first-order chi connectivity index (χ1) is 9.80. The summed E-state index contributed by atoms with van der Waals surface area (Å²) in [4.78, 5) is 22.2. The fraction of sp³-hybridized carbons (Fsp3) is 0.385. The number of hydrogen-bond donors (Lipinski definition) is 2. The predicted molar refractivity (Wildman–Crippen MR) is 76.8 cm³/mol. The van der Waals surface area contributed by atoms with Crippen LogP contribution in [0.3, 0.4) is 0 Å². The molecule has 0 spiro atoms. The minimum atomic E-state index is -3.64. The van der Waals surface area contributed by atoms with Gasteiger partial charge >= 0.3 is 0 Å². The summed E-state index contributed by atoms with van der Waals surface area (Å²) in [5, 5.41) is 2.57. The highest BCUT2D eigenvalue weighted by Crippen LogP contribution is 2.25. The van der Waals surface area contributed by atoms with E-state index in [1.54, 1.807) is 0 Å². The van der Waals surface area contributed by atoms with Crippen LogP contribution in [0.25, 0.3) is 0 Å². The molecule has 0 saturated carbocycles. The van der Waals surface area contributed by atoms with Gasteiger partial charge in [0, 0.05) is 25.7 Å². The number of hydrogen-bond acceptors (Lipinski definition) is 4. The molecule has 3 N–H and O–H groups in total. The van der Waals surface area contributed by atoms with Crippen LogP contribution in [0.2, 0.25) is 0 Å². The molecule has 1 heterocycles. The van der Waals surface area contributed by atoms with Gasteiger partial charge in [-0.2, -0.15) is 4.31 Å². The Morgan fingerprint density at radius 1 is 1.29 bits per heavy atom. The maximum atomic E-state index is 12.4. The summed E-state index contributed by atoms with van der Waals surface area (Å²) in [7, 11) is -3.64. The lowest BCUT2D eigenvalue weighted by molar-refractivity contribution is -0.121. The van der Waals surface area contributed by atoms with Crippen LogP contribution in [0.1, 0.15) is 13.3 Å². The molecule has 7 nitrogen and oxygen atoms in total. The SMILES string of the molecule is CC(=O)Nc1ccc(S(=O)(=O)N2CC[C@@H](C(N)=O)C2)cc1. The second-order valence-corrected chi connectivity index (χ2v) is 6.89. The topological polar surface area (TPSA) is 110 Å². The number of nitrogens with zero attached hydrogens (tertiary/aromatic N) is 1. The summed E-state index contributed by atoms with van der Waals surface area (Å²) in [6, 6.07) is 5.91. The van der Waals surface area contributed by atoms with Crippen molar-refractivity contribution in [2.24, 2.45) is 11.7 Å². The summed E-state index contributed by atoms with van der Waals surface area (Å²) >= 11 is 0. The van der Waals surface area contributed by atoms with E-state index < -0.39 is 21.8 Å². The van der Waals surface area contributed by atoms with E-state index in [0.29, 0.717) is 12.1 Å². The minimum absolute atomic E-state index is 0.116. The highest BCUT2D eigenvalue weighted by atomic mass is 32.2. The van der Waals surface area contributed by atoms with Gasteiger partial charge in [0.2, 0.25) is 21.8 Å². The van der Waals surface area contributed by atoms with Crippen molar-refractivity contribution in [2.45, 2.75) is 18.2 Å². The highest BCUT2D eigenvalue weighted by Gasteiger charge is 2.34. The van der Waals surface area contributed by atoms with E-state index in [-0.39, 0.29) is 23.9 Å². The first-order valence-electron chi connectivity index (χ1n) is 6.48. The molecule has 0 aromatic heterocycles. The molecule has 0 bridgehead atoms. The second-order valence-electron chi connectivity index (χ2n) is 4.96. The first-order valence-corrected chi connectivity index (χ1v) is 7.92. The average Bonchev–Trinajstić information content (AvgIpc) is 2.89. The molecule has 21 heavy (non-hydrogen) atoms. The van der Waals surface area contributed by atoms with Gasteiger partial charge in [-0.15, -0.1) is 0 Å². The molecule has 114 valence electrons. The normalized spacial score (nSPS) is 19.4. The number of primary amides is 1. The van der Waals surface area contributed by atoms with Crippen molar-refractivity contribution in [3.8, 4) is 0 Å². The predicted octanol–water partition coefficient (Wildman–Crippen LogP) is 0.141. The summed E-state index contributed by atoms with van der Waals surface area (Å²) in [5.74, 6) is -1.14. The van der Waals surface area contributed by atoms with Crippen molar-refractivity contribution in [1.29, 1.82) is 0 Å². The number of amides is 2. The molecule has 1 aromatic carbocycles. The van der Waals surface area contributed by atoms with Crippen molar-refractivity contribution in [1.82, 2.24) is 4.31 Å². The number of anilines is 1. The smallest absolute Gasteiger partial charge is 0.243 e. The lowest BCUT2D eigenvalue weighted by atomic mass is 10.1. The van der Waals surface area contributed by atoms with E-state index in [1.807, 2.05) is 0 Å². The lowest BCUT2D eigenvalue weighted by Crippen LogP contribution is -2.31. The van der Waals surface area contributed by atoms with Crippen molar-refractivity contribution in [3.63, 3.8) is 0 Å². The van der Waals surface area contributed by atoms with Crippen LogP contribution in [-0.4, -0.2) is 37.6 Å². The van der Waals surface area contributed by atoms with Gasteiger partial charge in [-0.25, -0.2) is 8.42 Å². The zero-order chi connectivity index (χ0) is 15.6. The van der Waals surface area contributed by atoms with E-state index in [2.05, 4.69) is 5.32 Å². The quantitative estimate of drug-likeness (QED) is 0.824. The molecule has 0 unspecified atom stereocenters. The van der Waals surface area contributed by atoms with Crippen molar-refractivity contribution < 1.29 is 18.0 Å². The minimum Gasteiger partial charge on any atom is -0.369 e. The van der Waals surface area contributed by atoms with E-state index in [1.165, 1.54) is 35.5 Å². The van der Waals surface area contributed by atoms with Crippen LogP contribution >= 0.6 is 0 Å². The van der Waals surface area contributed by atoms with Crippen LogP contribution in [0.5, 0.6) is 0 Å². The Morgan fingerprint density at radius 3 is 2.38 bits per heavy atom. The summed E-state index contributed by atoms with van der Waals surface area (Å²) < 4.78 is 26.1. The Hall–Kier alpha value is -1.93. The van der Waals surface area contributed by atoms with E-state index in [9.17, 15) is 18.0 Å². The summed E-state index contributed by atoms with van der Waals surface area (Å²) in [5.41, 5.74) is 5.73. The monoisotopic (exact) mass is 311 g/mol. The average molecular weight is 311 g/mol. The van der Waals surface area contributed by atoms with E-state index in [4.69, 9.17) is 5.73 Å². The third-order valence-electron chi connectivity index (χ3n) is 3.37. The van der Waals surface area contributed by atoms with Gasteiger partial charge in [-0.3, -0.25) is 9.59 Å². The second kappa shape index (κ2) is 5.82. The molecule has 2 rings (SSSR count). The third-order valence-corrected chi connectivity index (χ3v) is 5.25. The van der Waals surface area contributed by atoms with Crippen LogP contribution in [-0.2, 0) is 19.6 Å². The number of carbonyl (C=O) groups excluding carboxylic acids is 2. The molecular formula is C13H17N3O4S. The van der Waals surface area contributed by atoms with E-state index >= 15 is 0 Å². The fourth-order valence-corrected chi connectivity index (χ4v) is 3.74. The number of benzene rings is 1. The lowest BCUT2D eigenvalue weighted by Gasteiger charge is -2.16. The van der Waals surface area contributed by atoms with Gasteiger partial charge in [0.05, 0.1) is 10.8 Å². The molecule has 8 heteroatoms. The molecule has 1 saturated heterocycles. The summed E-state index contributed by atoms with van der Waals surface area (Å²) in [6.45, 7) is 1.77. The Bertz CT molecular complexity index is 654. The third kappa shape index (κ3) is 3.40. The number of rotatable bonds is 4. The Kier molecular flexibility index (Phi) is 4.29. The maximum Gasteiger partial charge on any atom is 0.243 e. The van der Waals surface area contributed by atoms with Gasteiger partial charge in [-0.05, 0) is 30.7 Å². The van der Waals surface area contributed by atoms with Gasteiger partial charge < -0.3 is 11.1 Å². The van der Waals surface area contributed by atoms with Crippen molar-refractivity contribution in [2.75, 3.05) is 18.4 Å². The van der Waals surface area contributed by atoms with Crippen LogP contribution in [0, 0.1) is 5.92 Å². The zero-order valence-electron chi connectivity index (χ0n) is 11.6. The van der Waals surface area contributed by atoms with Gasteiger partial charge in [0.1, 0.15) is 0 Å². The number of nitrogens with two attached hydrogens (primary N) is 1. The van der Waals surface area contributed by atoms with Crippen LogP contribution < -0.4 is 11.1 Å². The molecule has 1 fully saturated rings. The number of nitrogens with one attached hydrogen (secondary N) is 1. The molecule has 1 aliphatic heterocycles. The van der Waals surface area contributed by atoms with Gasteiger partial charge in [0.25, 0.3) is 0 Å². The summed E-state index contributed by atoms with van der Waals surface area (Å²) in [6.07, 6.45) is 0.443. The van der Waals surface area contributed by atoms with Crippen LogP contribution in [0.15, 0.2) is 29.2 Å². The molecule has 1 aliphatic rings. The largest absolute Gasteiger partial charge is 0.369 e. The van der Waals surface area contributed by atoms with Gasteiger partial charge in [0.15, 0.2) is 0 Å². The van der Waals surface area contributed by atoms with Crippen LogP contribution in [0.4, 0.5) is 5.69 Å². The van der Waals surface area contributed by atoms with Gasteiger partial charge in [-0.1, -0.05) is 0 Å². The Balaban J connectivity index is 2.16. The maximum absolute atomic E-state index is 12.4. The molecule has 0 aliphatic carbocycles. The zero-order valence-corrected chi connectivity index (χ0v) is 12.4. The standard InChI is InChI=1S/C13H17N3O4S/c1-9(17)15-11-2-4-12(5-3-11)21(19,20)16-7-6-10(8-16)13(14)18/h2-5,10H,6-8H2,1H3,(H2,14,18)(H,15,17)/t10-/m1/s1. The highest BCUT2D eigenvalue weighted by molar-refractivity contribution is 7.89. The molecular weight excluding hydrogens is 294 g/mol. The fourth-order valence-electron chi connectivity index (χ4n) is 2.24. The molecule has 1 aromatic rings. The Morgan fingerprint density at radius 2 is 1.90 bits per heavy atom. The molecule has 0 radical (unpaired) electrons. The molecule has 2 amide bonds. The first kappa shape index (κ1) is 15.5. The van der Waals surface area contributed by atoms with E-state index in [0.717, 1.165) is 0 Å². The number of sulfonamides is 1. The number of carbonyl (C=O) groups is 2. The van der Waals surface area contributed by atoms with Crippen molar-refractivity contribution in [3.05, 3.63) is 24.3 Å². The Labute approximate surface area is 123 Å². The van der Waals surface area contributed by atoms with Crippen molar-refractivity contribution >= 4 is 27.5 Å². The molecule has 1 atom stereocenters.